The van der Waals surface area contributed by atoms with E-state index in [0.717, 1.165) is 39.3 Å². The Hall–Kier alpha value is -1.43. The topological polar surface area (TPSA) is 36.0 Å². The van der Waals surface area contributed by atoms with Crippen LogP contribution in [0.1, 0.15) is 18.5 Å². The summed E-state index contributed by atoms with van der Waals surface area (Å²) in [5.41, 5.74) is 1.17. The summed E-state index contributed by atoms with van der Waals surface area (Å²) in [5.74, 6) is 0.187. The second-order valence-corrected chi connectivity index (χ2v) is 6.20. The molecule has 0 radical (unpaired) electrons. The molecule has 1 aliphatic heterocycles. The van der Waals surface area contributed by atoms with E-state index in [9.17, 15) is 4.79 Å². The number of rotatable bonds is 7. The van der Waals surface area contributed by atoms with E-state index in [-0.39, 0.29) is 11.9 Å². The number of piperazine rings is 1. The fraction of sp³-hybridized carbons (Fsp3) is 0.611. The Labute approximate surface area is 139 Å². The molecule has 0 N–H and O–H groups in total. The van der Waals surface area contributed by atoms with Crippen molar-refractivity contribution >= 4 is 5.91 Å². The van der Waals surface area contributed by atoms with E-state index in [4.69, 9.17) is 4.74 Å². The number of hydrogen-bond donors (Lipinski definition) is 0. The van der Waals surface area contributed by atoms with E-state index >= 15 is 0 Å². The van der Waals surface area contributed by atoms with Crippen molar-refractivity contribution in [2.45, 2.75) is 13.0 Å². The first-order chi connectivity index (χ1) is 11.1. The second kappa shape index (κ2) is 9.01. The minimum Gasteiger partial charge on any atom is -0.383 e. The van der Waals surface area contributed by atoms with Crippen LogP contribution in [0.15, 0.2) is 30.3 Å². The SMILES string of the molecule is COCCN1CCN(CC(=O)N(C)[C@@H](C)c2ccccc2)CC1. The molecule has 1 amide bonds. The molecule has 1 atom stereocenters. The number of benzene rings is 1. The minimum atomic E-state index is 0.103. The molecule has 0 bridgehead atoms. The Morgan fingerprint density at radius 3 is 2.39 bits per heavy atom. The molecular formula is C18H29N3O2. The summed E-state index contributed by atoms with van der Waals surface area (Å²) >= 11 is 0. The molecule has 0 saturated carbocycles. The van der Waals surface area contributed by atoms with Crippen LogP contribution in [-0.2, 0) is 9.53 Å². The normalized spacial score (nSPS) is 17.9. The predicted molar refractivity (Wildman–Crippen MR) is 92.4 cm³/mol. The van der Waals surface area contributed by atoms with E-state index in [0.29, 0.717) is 6.54 Å². The molecule has 2 rings (SSSR count). The van der Waals surface area contributed by atoms with Crippen LogP contribution in [0.3, 0.4) is 0 Å². The Balaban J connectivity index is 1.78. The van der Waals surface area contributed by atoms with E-state index in [1.54, 1.807) is 7.11 Å². The van der Waals surface area contributed by atoms with Gasteiger partial charge in [-0.2, -0.15) is 0 Å². The van der Waals surface area contributed by atoms with Crippen LogP contribution >= 0.6 is 0 Å². The number of likely N-dealkylation sites (N-methyl/N-ethyl adjacent to an activating group) is 1. The van der Waals surface area contributed by atoms with Crippen LogP contribution in [0.2, 0.25) is 0 Å². The highest BCUT2D eigenvalue weighted by Crippen LogP contribution is 2.18. The van der Waals surface area contributed by atoms with Gasteiger partial charge in [-0.1, -0.05) is 30.3 Å². The van der Waals surface area contributed by atoms with Crippen LogP contribution in [0.4, 0.5) is 0 Å². The third kappa shape index (κ3) is 5.30. The molecule has 128 valence electrons. The van der Waals surface area contributed by atoms with Gasteiger partial charge in [-0.15, -0.1) is 0 Å². The number of hydrogen-bond acceptors (Lipinski definition) is 4. The average Bonchev–Trinajstić information content (AvgIpc) is 2.60. The molecule has 1 aromatic rings. The number of nitrogens with zero attached hydrogens (tertiary/aromatic N) is 3. The van der Waals surface area contributed by atoms with Gasteiger partial charge < -0.3 is 9.64 Å². The monoisotopic (exact) mass is 319 g/mol. The van der Waals surface area contributed by atoms with Gasteiger partial charge in [0.15, 0.2) is 0 Å². The van der Waals surface area contributed by atoms with E-state index < -0.39 is 0 Å². The van der Waals surface area contributed by atoms with Crippen molar-refractivity contribution in [2.24, 2.45) is 0 Å². The first-order valence-electron chi connectivity index (χ1n) is 8.36. The lowest BCUT2D eigenvalue weighted by Crippen LogP contribution is -2.50. The minimum absolute atomic E-state index is 0.103. The van der Waals surface area contributed by atoms with Gasteiger partial charge in [0.05, 0.1) is 19.2 Å². The lowest BCUT2D eigenvalue weighted by Gasteiger charge is -2.35. The lowest BCUT2D eigenvalue weighted by atomic mass is 10.1. The molecule has 0 aromatic heterocycles. The van der Waals surface area contributed by atoms with Crippen LogP contribution in [0.5, 0.6) is 0 Å². The summed E-state index contributed by atoms with van der Waals surface area (Å²) in [6.45, 7) is 8.25. The van der Waals surface area contributed by atoms with Gasteiger partial charge in [-0.05, 0) is 12.5 Å². The summed E-state index contributed by atoms with van der Waals surface area (Å²) in [4.78, 5) is 19.0. The van der Waals surface area contributed by atoms with E-state index in [1.807, 2.05) is 30.1 Å². The molecular weight excluding hydrogens is 290 g/mol. The Kier molecular flexibility index (Phi) is 7.02. The van der Waals surface area contributed by atoms with Crippen molar-refractivity contribution in [3.63, 3.8) is 0 Å². The third-order valence-electron chi connectivity index (χ3n) is 4.69. The van der Waals surface area contributed by atoms with E-state index in [1.165, 1.54) is 5.56 Å². The number of carbonyl (C=O) groups excluding carboxylic acids is 1. The quantitative estimate of drug-likeness (QED) is 0.762. The Morgan fingerprint density at radius 1 is 1.17 bits per heavy atom. The molecule has 1 aromatic carbocycles. The van der Waals surface area contributed by atoms with Gasteiger partial charge in [0.2, 0.25) is 5.91 Å². The zero-order valence-corrected chi connectivity index (χ0v) is 14.6. The first kappa shape index (κ1) is 17.9. The zero-order valence-electron chi connectivity index (χ0n) is 14.6. The van der Waals surface area contributed by atoms with Crippen LogP contribution < -0.4 is 0 Å². The number of ether oxygens (including phenoxy) is 1. The molecule has 5 heteroatoms. The average molecular weight is 319 g/mol. The Bertz CT molecular complexity index is 472. The van der Waals surface area contributed by atoms with Crippen LogP contribution in [0, 0.1) is 0 Å². The highest BCUT2D eigenvalue weighted by atomic mass is 16.5. The van der Waals surface area contributed by atoms with Gasteiger partial charge in [0.1, 0.15) is 0 Å². The van der Waals surface area contributed by atoms with Crippen LogP contribution in [-0.4, -0.2) is 80.6 Å². The van der Waals surface area contributed by atoms with Gasteiger partial charge in [0, 0.05) is 46.9 Å². The van der Waals surface area contributed by atoms with Crippen molar-refractivity contribution in [1.29, 1.82) is 0 Å². The summed E-state index contributed by atoms with van der Waals surface area (Å²) in [6, 6.07) is 10.3. The standard InChI is InChI=1S/C18H29N3O2/c1-16(17-7-5-4-6-8-17)19(2)18(22)15-21-11-9-20(10-12-21)13-14-23-3/h4-8,16H,9-15H2,1-3H3/t16-/m0/s1. The molecule has 1 fully saturated rings. The molecule has 1 saturated heterocycles. The summed E-state index contributed by atoms with van der Waals surface area (Å²) < 4.78 is 5.12. The maximum Gasteiger partial charge on any atom is 0.236 e. The summed E-state index contributed by atoms with van der Waals surface area (Å²) in [5, 5.41) is 0. The Morgan fingerprint density at radius 2 is 1.78 bits per heavy atom. The third-order valence-corrected chi connectivity index (χ3v) is 4.69. The molecule has 0 spiro atoms. The van der Waals surface area contributed by atoms with Crippen molar-refractivity contribution in [2.75, 3.05) is 60.0 Å². The second-order valence-electron chi connectivity index (χ2n) is 6.20. The molecule has 0 unspecified atom stereocenters. The van der Waals surface area contributed by atoms with Gasteiger partial charge in [-0.25, -0.2) is 0 Å². The van der Waals surface area contributed by atoms with E-state index in [2.05, 4.69) is 28.9 Å². The highest BCUT2D eigenvalue weighted by Gasteiger charge is 2.22. The molecule has 23 heavy (non-hydrogen) atoms. The fourth-order valence-corrected chi connectivity index (χ4v) is 2.87. The number of carbonyl (C=O) groups is 1. The molecule has 1 aliphatic rings. The van der Waals surface area contributed by atoms with Crippen LogP contribution in [0.25, 0.3) is 0 Å². The molecule has 5 nitrogen and oxygen atoms in total. The molecule has 1 heterocycles. The molecule has 0 aliphatic carbocycles. The fourth-order valence-electron chi connectivity index (χ4n) is 2.87. The summed E-state index contributed by atoms with van der Waals surface area (Å²) in [7, 11) is 3.63. The van der Waals surface area contributed by atoms with Crippen molar-refractivity contribution < 1.29 is 9.53 Å². The first-order valence-corrected chi connectivity index (χ1v) is 8.36. The van der Waals surface area contributed by atoms with Crippen molar-refractivity contribution in [3.8, 4) is 0 Å². The lowest BCUT2D eigenvalue weighted by molar-refractivity contribution is -0.133. The van der Waals surface area contributed by atoms with Gasteiger partial charge in [-0.3, -0.25) is 14.6 Å². The largest absolute Gasteiger partial charge is 0.383 e. The van der Waals surface area contributed by atoms with Gasteiger partial charge >= 0.3 is 0 Å². The number of amides is 1. The maximum atomic E-state index is 12.5. The zero-order chi connectivity index (χ0) is 16.7. The predicted octanol–water partition coefficient (Wildman–Crippen LogP) is 1.47. The van der Waals surface area contributed by atoms with Gasteiger partial charge in [0.25, 0.3) is 0 Å². The summed E-state index contributed by atoms with van der Waals surface area (Å²) in [6.07, 6.45) is 0. The smallest absolute Gasteiger partial charge is 0.236 e. The van der Waals surface area contributed by atoms with Crippen molar-refractivity contribution in [3.05, 3.63) is 35.9 Å². The number of methoxy groups -OCH3 is 1. The maximum absolute atomic E-state index is 12.5. The van der Waals surface area contributed by atoms with Crippen molar-refractivity contribution in [1.82, 2.24) is 14.7 Å². The highest BCUT2D eigenvalue weighted by molar-refractivity contribution is 5.78.